The van der Waals surface area contributed by atoms with Crippen LogP contribution >= 0.6 is 0 Å². The van der Waals surface area contributed by atoms with Gasteiger partial charge in [-0.1, -0.05) is 44.5 Å². The molecule has 0 aliphatic carbocycles. The van der Waals surface area contributed by atoms with Gasteiger partial charge in [-0.15, -0.1) is 0 Å². The molecule has 0 fully saturated rings. The van der Waals surface area contributed by atoms with Crippen LogP contribution in [0.25, 0.3) is 0 Å². The van der Waals surface area contributed by atoms with Crippen molar-refractivity contribution in [2.24, 2.45) is 5.41 Å². The highest BCUT2D eigenvalue weighted by molar-refractivity contribution is 5.31. The zero-order valence-electron chi connectivity index (χ0n) is 12.2. The van der Waals surface area contributed by atoms with Crippen LogP contribution in [0.15, 0.2) is 18.2 Å². The summed E-state index contributed by atoms with van der Waals surface area (Å²) in [6.45, 7) is 11.3. The molecule has 96 valence electrons. The van der Waals surface area contributed by atoms with Crippen molar-refractivity contribution in [3.8, 4) is 0 Å². The van der Waals surface area contributed by atoms with E-state index in [9.17, 15) is 0 Å². The number of aryl methyl sites for hydroxylation is 2. The van der Waals surface area contributed by atoms with Gasteiger partial charge < -0.3 is 5.32 Å². The Labute approximate surface area is 107 Å². The molecule has 0 saturated carbocycles. The first-order chi connectivity index (χ1) is 7.90. The van der Waals surface area contributed by atoms with Gasteiger partial charge in [0.25, 0.3) is 0 Å². The molecule has 0 radical (unpaired) electrons. The number of nitrogens with one attached hydrogen (secondary N) is 1. The van der Waals surface area contributed by atoms with Gasteiger partial charge in [0.05, 0.1) is 0 Å². The summed E-state index contributed by atoms with van der Waals surface area (Å²) < 4.78 is 0. The molecule has 1 atom stereocenters. The fraction of sp³-hybridized carbons (Fsp3) is 0.625. The highest BCUT2D eigenvalue weighted by atomic mass is 14.9. The monoisotopic (exact) mass is 233 g/mol. The van der Waals surface area contributed by atoms with Crippen LogP contribution < -0.4 is 5.32 Å². The Bertz CT molecular complexity index is 366. The Morgan fingerprint density at radius 1 is 1.24 bits per heavy atom. The van der Waals surface area contributed by atoms with E-state index in [1.165, 1.54) is 23.1 Å². The Morgan fingerprint density at radius 3 is 2.41 bits per heavy atom. The average Bonchev–Trinajstić information content (AvgIpc) is 2.30. The lowest BCUT2D eigenvalue weighted by Crippen LogP contribution is -2.41. The second-order valence-electron chi connectivity index (χ2n) is 5.82. The average molecular weight is 233 g/mol. The standard InChI is InChI=1S/C16H27N/c1-7-16(4,5)15(17-6)11-14-10-12(2)8-9-13(14)3/h8-10,15,17H,7,11H2,1-6H3. The molecule has 0 spiro atoms. The third kappa shape index (κ3) is 3.57. The van der Waals surface area contributed by atoms with Gasteiger partial charge in [-0.05, 0) is 50.3 Å². The van der Waals surface area contributed by atoms with Crippen LogP contribution in [0.5, 0.6) is 0 Å². The van der Waals surface area contributed by atoms with Gasteiger partial charge >= 0.3 is 0 Å². The Kier molecular flexibility index (Phi) is 4.76. The Hall–Kier alpha value is -0.820. The minimum absolute atomic E-state index is 0.338. The van der Waals surface area contributed by atoms with Crippen molar-refractivity contribution in [3.63, 3.8) is 0 Å². The molecule has 0 amide bonds. The van der Waals surface area contributed by atoms with Crippen molar-refractivity contribution in [3.05, 3.63) is 34.9 Å². The zero-order chi connectivity index (χ0) is 13.1. The summed E-state index contributed by atoms with van der Waals surface area (Å²) in [5.74, 6) is 0. The van der Waals surface area contributed by atoms with Gasteiger partial charge in [-0.3, -0.25) is 0 Å². The lowest BCUT2D eigenvalue weighted by molar-refractivity contribution is 0.240. The quantitative estimate of drug-likeness (QED) is 0.814. The van der Waals surface area contributed by atoms with Gasteiger partial charge in [0.15, 0.2) is 0 Å². The second-order valence-corrected chi connectivity index (χ2v) is 5.82. The van der Waals surface area contributed by atoms with Crippen molar-refractivity contribution in [1.82, 2.24) is 5.32 Å². The molecular formula is C16H27N. The lowest BCUT2D eigenvalue weighted by atomic mass is 9.78. The van der Waals surface area contributed by atoms with Gasteiger partial charge in [0.1, 0.15) is 0 Å². The fourth-order valence-corrected chi connectivity index (χ4v) is 2.26. The lowest BCUT2D eigenvalue weighted by Gasteiger charge is -2.34. The van der Waals surface area contributed by atoms with Crippen LogP contribution in [-0.2, 0) is 6.42 Å². The van der Waals surface area contributed by atoms with E-state index in [2.05, 4.69) is 65.2 Å². The molecule has 1 nitrogen and oxygen atoms in total. The molecule has 0 aliphatic heterocycles. The van der Waals surface area contributed by atoms with E-state index in [-0.39, 0.29) is 0 Å². The number of hydrogen-bond acceptors (Lipinski definition) is 1. The van der Waals surface area contributed by atoms with Crippen molar-refractivity contribution < 1.29 is 0 Å². The van der Waals surface area contributed by atoms with Crippen molar-refractivity contribution in [2.45, 2.75) is 53.5 Å². The van der Waals surface area contributed by atoms with E-state index in [1.54, 1.807) is 0 Å². The molecule has 1 rings (SSSR count). The van der Waals surface area contributed by atoms with E-state index >= 15 is 0 Å². The van der Waals surface area contributed by atoms with Crippen LogP contribution in [0.4, 0.5) is 0 Å². The molecule has 1 heteroatoms. The summed E-state index contributed by atoms with van der Waals surface area (Å²) in [7, 11) is 2.08. The molecule has 1 N–H and O–H groups in total. The first-order valence-electron chi connectivity index (χ1n) is 6.64. The van der Waals surface area contributed by atoms with E-state index in [0.29, 0.717) is 11.5 Å². The maximum atomic E-state index is 3.49. The molecule has 1 aromatic carbocycles. The Balaban J connectivity index is 2.91. The van der Waals surface area contributed by atoms with Crippen LogP contribution in [0.3, 0.4) is 0 Å². The summed E-state index contributed by atoms with van der Waals surface area (Å²) in [5.41, 5.74) is 4.58. The van der Waals surface area contributed by atoms with E-state index < -0.39 is 0 Å². The van der Waals surface area contributed by atoms with Crippen LogP contribution in [0, 0.1) is 19.3 Å². The molecule has 1 unspecified atom stereocenters. The van der Waals surface area contributed by atoms with Crippen molar-refractivity contribution in [2.75, 3.05) is 7.05 Å². The second kappa shape index (κ2) is 5.68. The fourth-order valence-electron chi connectivity index (χ4n) is 2.26. The predicted molar refractivity (Wildman–Crippen MR) is 76.5 cm³/mol. The third-order valence-electron chi connectivity index (χ3n) is 4.13. The van der Waals surface area contributed by atoms with Crippen LogP contribution in [0.2, 0.25) is 0 Å². The SMILES string of the molecule is CCC(C)(C)C(Cc1cc(C)ccc1C)NC. The summed E-state index contributed by atoms with van der Waals surface area (Å²) >= 11 is 0. The van der Waals surface area contributed by atoms with Gasteiger partial charge in [0.2, 0.25) is 0 Å². The molecule has 0 heterocycles. The highest BCUT2D eigenvalue weighted by Gasteiger charge is 2.26. The van der Waals surface area contributed by atoms with Gasteiger partial charge in [0, 0.05) is 6.04 Å². The van der Waals surface area contributed by atoms with E-state index in [1.807, 2.05) is 0 Å². The Morgan fingerprint density at radius 2 is 1.88 bits per heavy atom. The largest absolute Gasteiger partial charge is 0.316 e. The zero-order valence-corrected chi connectivity index (χ0v) is 12.2. The van der Waals surface area contributed by atoms with Gasteiger partial charge in [-0.25, -0.2) is 0 Å². The first-order valence-corrected chi connectivity index (χ1v) is 6.64. The number of hydrogen-bond donors (Lipinski definition) is 1. The topological polar surface area (TPSA) is 12.0 Å². The molecule has 17 heavy (non-hydrogen) atoms. The maximum absolute atomic E-state index is 3.49. The summed E-state index contributed by atoms with van der Waals surface area (Å²) in [5, 5.41) is 3.49. The first kappa shape index (κ1) is 14.2. The normalized spacial score (nSPS) is 13.8. The number of likely N-dealkylation sites (N-methyl/N-ethyl adjacent to an activating group) is 1. The molecule has 1 aromatic rings. The number of rotatable bonds is 5. The molecular weight excluding hydrogens is 206 g/mol. The maximum Gasteiger partial charge on any atom is 0.0156 e. The minimum atomic E-state index is 0.338. The highest BCUT2D eigenvalue weighted by Crippen LogP contribution is 2.28. The summed E-state index contributed by atoms with van der Waals surface area (Å²) in [6, 6.07) is 7.29. The smallest absolute Gasteiger partial charge is 0.0156 e. The molecule has 0 aromatic heterocycles. The summed E-state index contributed by atoms with van der Waals surface area (Å²) in [6.07, 6.45) is 2.31. The third-order valence-corrected chi connectivity index (χ3v) is 4.13. The molecule has 0 bridgehead atoms. The van der Waals surface area contributed by atoms with E-state index in [4.69, 9.17) is 0 Å². The van der Waals surface area contributed by atoms with Crippen LogP contribution in [0.1, 0.15) is 43.9 Å². The van der Waals surface area contributed by atoms with Crippen LogP contribution in [-0.4, -0.2) is 13.1 Å². The van der Waals surface area contributed by atoms with Crippen molar-refractivity contribution in [1.29, 1.82) is 0 Å². The van der Waals surface area contributed by atoms with Gasteiger partial charge in [-0.2, -0.15) is 0 Å². The van der Waals surface area contributed by atoms with E-state index in [0.717, 1.165) is 6.42 Å². The molecule has 0 saturated heterocycles. The molecule has 0 aliphatic rings. The predicted octanol–water partition coefficient (Wildman–Crippen LogP) is 3.87. The summed E-state index contributed by atoms with van der Waals surface area (Å²) in [4.78, 5) is 0. The minimum Gasteiger partial charge on any atom is -0.316 e. The van der Waals surface area contributed by atoms with Crippen molar-refractivity contribution >= 4 is 0 Å². The number of benzene rings is 1.